The number of aromatic hydroxyl groups is 1. The van der Waals surface area contributed by atoms with Crippen molar-refractivity contribution in [1.82, 2.24) is 4.90 Å². The van der Waals surface area contributed by atoms with Gasteiger partial charge >= 0.3 is 16.4 Å². The number of ketones is 2. The number of carbonyl (C=O) groups is 5. The zero-order valence-corrected chi connectivity index (χ0v) is 26.1. The summed E-state index contributed by atoms with van der Waals surface area (Å²) in [5, 5.41) is 47.7. The van der Waals surface area contributed by atoms with Crippen LogP contribution in [0.4, 0.5) is 11.4 Å². The lowest BCUT2D eigenvalue weighted by atomic mass is 9.57. The molecule has 2 unspecified atom stereocenters. The number of amides is 2. The Kier molecular flexibility index (Phi) is 9.90. The number of hydrogen-bond donors (Lipinski definition) is 8. The molecule has 19 heteroatoms. The fraction of sp³-hybridized carbons (Fsp3) is 0.444. The van der Waals surface area contributed by atoms with Crippen LogP contribution in [0.5, 0.6) is 5.75 Å². The van der Waals surface area contributed by atoms with Crippen LogP contribution in [0.3, 0.4) is 0 Å². The molecule has 1 fully saturated rings. The van der Waals surface area contributed by atoms with Crippen LogP contribution >= 0.6 is 0 Å². The van der Waals surface area contributed by atoms with Crippen molar-refractivity contribution < 1.29 is 66.7 Å². The van der Waals surface area contributed by atoms with Gasteiger partial charge in [-0.25, -0.2) is 0 Å². The Labute approximate surface area is 262 Å². The highest BCUT2D eigenvalue weighted by molar-refractivity contribution is 7.79. The first-order valence-corrected chi connectivity index (χ1v) is 14.8. The number of nitrogens with one attached hydrogen (secondary N) is 1. The molecule has 1 aromatic rings. The number of benzene rings is 1. The maximum Gasteiger partial charge on any atom is 0.394 e. The number of ether oxygens (including phenoxy) is 1. The predicted molar refractivity (Wildman–Crippen MR) is 158 cm³/mol. The monoisotopic (exact) mass is 670 g/mol. The molecule has 0 heterocycles. The van der Waals surface area contributed by atoms with Gasteiger partial charge in [-0.05, 0) is 44.5 Å². The van der Waals surface area contributed by atoms with E-state index in [1.54, 1.807) is 19.0 Å². The van der Waals surface area contributed by atoms with Gasteiger partial charge in [0.15, 0.2) is 18.0 Å². The summed E-state index contributed by atoms with van der Waals surface area (Å²) in [7, 11) is 1.75. The molecule has 1 aromatic carbocycles. The molecule has 46 heavy (non-hydrogen) atoms. The second-order valence-corrected chi connectivity index (χ2v) is 12.2. The molecule has 0 aromatic heterocycles. The van der Waals surface area contributed by atoms with Crippen LogP contribution < -0.4 is 16.0 Å². The van der Waals surface area contributed by atoms with E-state index in [-0.39, 0.29) is 29.7 Å². The molecule has 0 bridgehead atoms. The first-order chi connectivity index (χ1) is 21.0. The lowest BCUT2D eigenvalue weighted by Gasteiger charge is -2.50. The average Bonchev–Trinajstić information content (AvgIpc) is 2.89. The molecule has 0 spiro atoms. The summed E-state index contributed by atoms with van der Waals surface area (Å²) in [5.74, 6) is -9.19. The maximum absolute atomic E-state index is 14.0. The quantitative estimate of drug-likeness (QED) is 0.0769. The lowest BCUT2D eigenvalue weighted by Crippen LogP contribution is -2.65. The molecule has 18 nitrogen and oxygen atoms in total. The minimum Gasteiger partial charge on any atom is -0.508 e. The minimum absolute atomic E-state index is 0.0553. The number of phenols is 1. The van der Waals surface area contributed by atoms with Crippen molar-refractivity contribution in [2.75, 3.05) is 45.0 Å². The Morgan fingerprint density at radius 1 is 1.11 bits per heavy atom. The Hall–Kier alpha value is -4.56. The van der Waals surface area contributed by atoms with Gasteiger partial charge in [-0.2, -0.15) is 8.42 Å². The van der Waals surface area contributed by atoms with E-state index in [9.17, 15) is 44.4 Å². The molecule has 0 radical (unpaired) electrons. The van der Waals surface area contributed by atoms with E-state index < -0.39 is 92.7 Å². The number of rotatable bonds is 6. The zero-order valence-electron chi connectivity index (χ0n) is 25.3. The smallest absolute Gasteiger partial charge is 0.394 e. The Balaban J connectivity index is 0.00000107. The largest absolute Gasteiger partial charge is 0.508 e. The van der Waals surface area contributed by atoms with E-state index in [1.165, 1.54) is 25.1 Å². The normalized spacial score (nSPS) is 23.9. The molecule has 1 saturated carbocycles. The predicted octanol–water partition coefficient (Wildman–Crippen LogP) is -1.12. The molecule has 3 aliphatic rings. The summed E-state index contributed by atoms with van der Waals surface area (Å²) in [5.41, 5.74) is 1.92. The molecule has 4 rings (SSSR count). The number of phenolic OH excluding ortho intramolecular Hbond substituents is 1. The fourth-order valence-corrected chi connectivity index (χ4v) is 6.14. The minimum atomic E-state index is -4.67. The van der Waals surface area contributed by atoms with Crippen molar-refractivity contribution in [1.29, 1.82) is 0 Å². The summed E-state index contributed by atoms with van der Waals surface area (Å²) in [6.45, 7) is 0.487. The van der Waals surface area contributed by atoms with E-state index in [1.807, 2.05) is 0 Å². The van der Waals surface area contributed by atoms with Gasteiger partial charge in [-0.15, -0.1) is 0 Å². The third kappa shape index (κ3) is 6.53. The van der Waals surface area contributed by atoms with Crippen LogP contribution in [0, 0.1) is 11.8 Å². The molecule has 4 atom stereocenters. The first-order valence-electron chi connectivity index (χ1n) is 13.4. The number of Topliss-reactive ketones (excluding diaryl/α,β-unsaturated/α-hetero) is 2. The number of primary amides is 1. The number of fused-ring (bicyclic) bond motifs is 3. The van der Waals surface area contributed by atoms with Crippen LogP contribution in [-0.2, 0) is 45.5 Å². The van der Waals surface area contributed by atoms with Crippen molar-refractivity contribution in [2.24, 2.45) is 17.6 Å². The lowest BCUT2D eigenvalue weighted by molar-refractivity contribution is -0.153. The Morgan fingerprint density at radius 2 is 1.67 bits per heavy atom. The van der Waals surface area contributed by atoms with Crippen LogP contribution in [-0.4, -0.2) is 119 Å². The van der Waals surface area contributed by atoms with Gasteiger partial charge in [-0.3, -0.25) is 38.0 Å². The molecular formula is C27H34N4O14S. The Morgan fingerprint density at radius 3 is 2.15 bits per heavy atom. The highest BCUT2D eigenvalue weighted by Crippen LogP contribution is 2.54. The molecule has 2 amide bonds. The van der Waals surface area contributed by atoms with Crippen molar-refractivity contribution in [3.05, 3.63) is 34.1 Å². The second-order valence-electron chi connectivity index (χ2n) is 11.3. The van der Waals surface area contributed by atoms with Crippen molar-refractivity contribution >= 4 is 56.9 Å². The number of aliphatic hydroxyl groups excluding tert-OH is 2. The van der Waals surface area contributed by atoms with Crippen molar-refractivity contribution in [2.45, 2.75) is 31.4 Å². The van der Waals surface area contributed by atoms with Gasteiger partial charge in [-0.1, -0.05) is 0 Å². The number of nitrogens with two attached hydrogens (primary N) is 1. The van der Waals surface area contributed by atoms with Crippen LogP contribution in [0.2, 0.25) is 0 Å². The number of likely N-dealkylation sites (N-methyl/N-ethyl adjacent to an activating group) is 1. The van der Waals surface area contributed by atoms with Crippen LogP contribution in [0.25, 0.3) is 5.76 Å². The number of aliphatic hydroxyl groups is 3. The number of esters is 1. The average molecular weight is 671 g/mol. The molecule has 9 N–H and O–H groups in total. The maximum atomic E-state index is 14.0. The van der Waals surface area contributed by atoms with Gasteiger partial charge < -0.3 is 41.1 Å². The van der Waals surface area contributed by atoms with E-state index in [4.69, 9.17) is 23.3 Å². The van der Waals surface area contributed by atoms with Crippen LogP contribution in [0.15, 0.2) is 23.0 Å². The molecule has 3 aliphatic carbocycles. The number of carbonyl (C=O) groups excluding carboxylic acids is 5. The van der Waals surface area contributed by atoms with Gasteiger partial charge in [0.25, 0.3) is 11.8 Å². The standard InChI is InChI=1S/C27H32N4O10.H2O4S/c1-10(32)41-9-16(33)29-14-8-15(30(2)3)12-6-11-7-13-20(31(4)5)23(36)19(26(28)39)25(38)27(13,40)24(37)17(11)22(35)18(12)21(14)34;1-5(2,3)4/h8,11,13,20,34-35,38,40H,6-7,9H2,1-5H3,(H2,28,39)(H,29,33);(H2,1,2,3,4)/t11?,13?,20-,27-;/m0./s1. The summed E-state index contributed by atoms with van der Waals surface area (Å²) in [4.78, 5) is 65.8. The van der Waals surface area contributed by atoms with E-state index in [0.717, 1.165) is 6.92 Å². The highest BCUT2D eigenvalue weighted by atomic mass is 32.3. The summed E-state index contributed by atoms with van der Waals surface area (Å²) in [6.07, 6.45) is 0.0253. The van der Waals surface area contributed by atoms with Gasteiger partial charge in [0, 0.05) is 38.2 Å². The van der Waals surface area contributed by atoms with Crippen LogP contribution in [0.1, 0.15) is 24.5 Å². The van der Waals surface area contributed by atoms with Crippen molar-refractivity contribution in [3.63, 3.8) is 0 Å². The number of hydrogen-bond acceptors (Lipinski definition) is 14. The third-order valence-corrected chi connectivity index (χ3v) is 7.86. The number of anilines is 2. The number of nitrogens with zero attached hydrogens (tertiary/aromatic N) is 2. The highest BCUT2D eigenvalue weighted by Gasteiger charge is 2.64. The Bertz CT molecular complexity index is 1690. The van der Waals surface area contributed by atoms with Crippen molar-refractivity contribution in [3.8, 4) is 5.75 Å². The SMILES string of the molecule is CC(=O)OCC(=O)Nc1cc(N(C)C)c2c(c1O)C(O)=C1C(=O)[C@]3(O)C(O)=C(C(N)=O)C(=O)[C@@H](N(C)C)C3CC1C2.O=S(=O)(O)O. The molecule has 0 saturated heterocycles. The van der Waals surface area contributed by atoms with E-state index >= 15 is 0 Å². The van der Waals surface area contributed by atoms with Gasteiger partial charge in [0.1, 0.15) is 22.8 Å². The van der Waals surface area contributed by atoms with Gasteiger partial charge in [0.05, 0.1) is 17.3 Å². The summed E-state index contributed by atoms with van der Waals surface area (Å²) < 4.78 is 36.3. The topological polar surface area (TPSA) is 295 Å². The second kappa shape index (κ2) is 12.7. The molecule has 252 valence electrons. The first kappa shape index (κ1) is 35.9. The molecule has 0 aliphatic heterocycles. The molecular weight excluding hydrogens is 636 g/mol. The third-order valence-electron chi connectivity index (χ3n) is 7.86. The summed E-state index contributed by atoms with van der Waals surface area (Å²) in [6, 6.07) is 0.267. The zero-order chi connectivity index (χ0) is 35.2. The summed E-state index contributed by atoms with van der Waals surface area (Å²) >= 11 is 0. The van der Waals surface area contributed by atoms with E-state index in [0.29, 0.717) is 11.3 Å². The van der Waals surface area contributed by atoms with Gasteiger partial charge in [0.2, 0.25) is 5.78 Å². The fourth-order valence-electron chi connectivity index (χ4n) is 6.14. The van der Waals surface area contributed by atoms with E-state index in [2.05, 4.69) is 10.1 Å².